The van der Waals surface area contributed by atoms with E-state index in [1.54, 1.807) is 6.07 Å². The molecule has 17 heavy (non-hydrogen) atoms. The Morgan fingerprint density at radius 3 is 2.65 bits per heavy atom. The van der Waals surface area contributed by atoms with Gasteiger partial charge in [-0.15, -0.1) is 0 Å². The molecule has 1 N–H and O–H groups in total. The summed E-state index contributed by atoms with van der Waals surface area (Å²) >= 11 is 0. The predicted molar refractivity (Wildman–Crippen MR) is 58.8 cm³/mol. The lowest BCUT2D eigenvalue weighted by Crippen LogP contribution is -2.02. The number of methoxy groups -OCH3 is 1. The summed E-state index contributed by atoms with van der Waals surface area (Å²) in [5, 5.41) is 17.6. The van der Waals surface area contributed by atoms with Crippen LogP contribution in [-0.4, -0.2) is 18.2 Å². The van der Waals surface area contributed by atoms with Crippen LogP contribution < -0.4 is 4.74 Å². The molecule has 1 rings (SSSR count). The standard InChI is InChI=1S/C12H10FNO3/c1-7(10(6-14)12(15)16)9-4-3-8(13)5-11(9)17-2/h3-5H,1-2H3,(H,15,16)/b10-7-. The molecule has 1 aromatic carbocycles. The number of carboxylic acids is 1. The van der Waals surface area contributed by atoms with E-state index in [1.807, 2.05) is 0 Å². The number of halogens is 1. The van der Waals surface area contributed by atoms with Crippen LogP contribution in [0, 0.1) is 17.1 Å². The van der Waals surface area contributed by atoms with Gasteiger partial charge in [-0.3, -0.25) is 0 Å². The number of nitrogens with zero attached hydrogens (tertiary/aromatic N) is 1. The van der Waals surface area contributed by atoms with Crippen molar-refractivity contribution in [3.05, 3.63) is 35.2 Å². The van der Waals surface area contributed by atoms with Crippen molar-refractivity contribution in [1.82, 2.24) is 0 Å². The van der Waals surface area contributed by atoms with Crippen molar-refractivity contribution in [2.24, 2.45) is 0 Å². The molecule has 88 valence electrons. The van der Waals surface area contributed by atoms with Crippen molar-refractivity contribution in [1.29, 1.82) is 5.26 Å². The van der Waals surface area contributed by atoms with Crippen molar-refractivity contribution >= 4 is 11.5 Å². The summed E-state index contributed by atoms with van der Waals surface area (Å²) in [6.07, 6.45) is 0. The van der Waals surface area contributed by atoms with Crippen LogP contribution in [0.5, 0.6) is 5.75 Å². The molecular weight excluding hydrogens is 225 g/mol. The highest BCUT2D eigenvalue weighted by molar-refractivity contribution is 6.00. The van der Waals surface area contributed by atoms with Crippen LogP contribution >= 0.6 is 0 Å². The third kappa shape index (κ3) is 2.61. The van der Waals surface area contributed by atoms with Gasteiger partial charge in [-0.05, 0) is 24.6 Å². The number of allylic oxidation sites excluding steroid dienone is 1. The quantitative estimate of drug-likeness (QED) is 0.644. The SMILES string of the molecule is COc1cc(F)ccc1/C(C)=C(/C#N)C(=O)O. The van der Waals surface area contributed by atoms with Gasteiger partial charge in [0.25, 0.3) is 0 Å². The fourth-order valence-electron chi connectivity index (χ4n) is 1.40. The van der Waals surface area contributed by atoms with Gasteiger partial charge < -0.3 is 9.84 Å². The Kier molecular flexibility index (Phi) is 3.83. The molecule has 0 aliphatic heterocycles. The van der Waals surface area contributed by atoms with E-state index in [9.17, 15) is 9.18 Å². The molecule has 1 aromatic rings. The Morgan fingerprint density at radius 1 is 1.53 bits per heavy atom. The fraction of sp³-hybridized carbons (Fsp3) is 0.167. The zero-order valence-corrected chi connectivity index (χ0v) is 9.32. The van der Waals surface area contributed by atoms with E-state index in [-0.39, 0.29) is 11.3 Å². The maximum atomic E-state index is 13.0. The number of rotatable bonds is 3. The number of nitriles is 1. The van der Waals surface area contributed by atoms with Crippen LogP contribution in [0.15, 0.2) is 23.8 Å². The van der Waals surface area contributed by atoms with E-state index in [4.69, 9.17) is 15.1 Å². The summed E-state index contributed by atoms with van der Waals surface area (Å²) in [6, 6.07) is 5.29. The fourth-order valence-corrected chi connectivity index (χ4v) is 1.40. The van der Waals surface area contributed by atoms with Crippen molar-refractivity contribution in [3.8, 4) is 11.8 Å². The monoisotopic (exact) mass is 235 g/mol. The van der Waals surface area contributed by atoms with Crippen LogP contribution in [0.1, 0.15) is 12.5 Å². The molecule has 0 aliphatic carbocycles. The highest BCUT2D eigenvalue weighted by atomic mass is 19.1. The Morgan fingerprint density at radius 2 is 2.18 bits per heavy atom. The summed E-state index contributed by atoms with van der Waals surface area (Å²) in [4.78, 5) is 10.8. The first-order valence-electron chi connectivity index (χ1n) is 4.69. The zero-order chi connectivity index (χ0) is 13.0. The number of hydrogen-bond donors (Lipinski definition) is 1. The Hall–Kier alpha value is -2.35. The number of carboxylic acid groups (broad SMARTS) is 1. The van der Waals surface area contributed by atoms with Gasteiger partial charge >= 0.3 is 5.97 Å². The molecule has 0 radical (unpaired) electrons. The van der Waals surface area contributed by atoms with Crippen LogP contribution in [-0.2, 0) is 4.79 Å². The zero-order valence-electron chi connectivity index (χ0n) is 9.32. The number of hydrogen-bond acceptors (Lipinski definition) is 3. The van der Waals surface area contributed by atoms with E-state index in [1.165, 1.54) is 26.2 Å². The minimum atomic E-state index is -1.32. The van der Waals surface area contributed by atoms with Gasteiger partial charge in [-0.25, -0.2) is 9.18 Å². The molecule has 0 heterocycles. The molecule has 0 aliphatic rings. The van der Waals surface area contributed by atoms with Gasteiger partial charge in [0.15, 0.2) is 0 Å². The Balaban J connectivity index is 3.44. The van der Waals surface area contributed by atoms with Crippen molar-refractivity contribution in [2.75, 3.05) is 7.11 Å². The van der Waals surface area contributed by atoms with Gasteiger partial charge in [-0.2, -0.15) is 5.26 Å². The third-order valence-electron chi connectivity index (χ3n) is 2.27. The molecule has 0 atom stereocenters. The van der Waals surface area contributed by atoms with E-state index >= 15 is 0 Å². The van der Waals surface area contributed by atoms with Crippen LogP contribution in [0.3, 0.4) is 0 Å². The van der Waals surface area contributed by atoms with Crippen LogP contribution in [0.2, 0.25) is 0 Å². The summed E-state index contributed by atoms with van der Waals surface area (Å²) in [5.41, 5.74) is 0.222. The molecule has 5 heteroatoms. The Labute approximate surface area is 97.6 Å². The van der Waals surface area contributed by atoms with Gasteiger partial charge in [0.2, 0.25) is 0 Å². The second-order valence-corrected chi connectivity index (χ2v) is 3.26. The van der Waals surface area contributed by atoms with Crippen LogP contribution in [0.4, 0.5) is 4.39 Å². The second-order valence-electron chi connectivity index (χ2n) is 3.26. The van der Waals surface area contributed by atoms with Gasteiger partial charge in [0, 0.05) is 11.6 Å². The van der Waals surface area contributed by atoms with E-state index in [0.717, 1.165) is 6.07 Å². The second kappa shape index (κ2) is 5.12. The number of carbonyl (C=O) groups is 1. The predicted octanol–water partition coefficient (Wildman–Crippen LogP) is 2.22. The maximum Gasteiger partial charge on any atom is 0.346 e. The first-order chi connectivity index (χ1) is 8.01. The molecule has 4 nitrogen and oxygen atoms in total. The first-order valence-corrected chi connectivity index (χ1v) is 4.69. The molecule has 0 amide bonds. The van der Waals surface area contributed by atoms with Crippen molar-refractivity contribution in [3.63, 3.8) is 0 Å². The first kappa shape index (κ1) is 12.7. The summed E-state index contributed by atoms with van der Waals surface area (Å²) < 4.78 is 17.9. The lowest BCUT2D eigenvalue weighted by atomic mass is 10.0. The number of aliphatic carboxylic acids is 1. The van der Waals surface area contributed by atoms with Crippen molar-refractivity contribution in [2.45, 2.75) is 6.92 Å². The topological polar surface area (TPSA) is 70.3 Å². The average Bonchev–Trinajstić information content (AvgIpc) is 2.28. The minimum Gasteiger partial charge on any atom is -0.496 e. The highest BCUT2D eigenvalue weighted by Gasteiger charge is 2.15. The number of benzene rings is 1. The smallest absolute Gasteiger partial charge is 0.346 e. The molecule has 0 aromatic heterocycles. The minimum absolute atomic E-state index is 0.191. The average molecular weight is 235 g/mol. The summed E-state index contributed by atoms with van der Waals surface area (Å²) in [5.74, 6) is -1.62. The van der Waals surface area contributed by atoms with Gasteiger partial charge in [0.05, 0.1) is 7.11 Å². The molecule has 0 saturated carbocycles. The largest absolute Gasteiger partial charge is 0.496 e. The molecule has 0 unspecified atom stereocenters. The maximum absolute atomic E-state index is 13.0. The summed E-state index contributed by atoms with van der Waals surface area (Å²) in [7, 11) is 1.35. The van der Waals surface area contributed by atoms with Gasteiger partial charge in [-0.1, -0.05) is 0 Å². The molecular formula is C12H10FNO3. The molecule has 0 spiro atoms. The van der Waals surface area contributed by atoms with E-state index in [2.05, 4.69) is 0 Å². The van der Waals surface area contributed by atoms with E-state index in [0.29, 0.717) is 5.56 Å². The molecule has 0 fully saturated rings. The third-order valence-corrected chi connectivity index (χ3v) is 2.27. The highest BCUT2D eigenvalue weighted by Crippen LogP contribution is 2.28. The molecule has 0 saturated heterocycles. The summed E-state index contributed by atoms with van der Waals surface area (Å²) in [6.45, 7) is 1.47. The molecule has 0 bridgehead atoms. The lowest BCUT2D eigenvalue weighted by molar-refractivity contribution is -0.132. The van der Waals surface area contributed by atoms with E-state index < -0.39 is 17.4 Å². The van der Waals surface area contributed by atoms with Crippen LogP contribution in [0.25, 0.3) is 5.57 Å². The van der Waals surface area contributed by atoms with Crippen molar-refractivity contribution < 1.29 is 19.0 Å². The number of ether oxygens (including phenoxy) is 1. The lowest BCUT2D eigenvalue weighted by Gasteiger charge is -2.09. The normalized spacial score (nSPS) is 11.4. The Bertz CT molecular complexity index is 529. The van der Waals surface area contributed by atoms with Gasteiger partial charge in [0.1, 0.15) is 23.2 Å².